The third-order valence-corrected chi connectivity index (χ3v) is 5.06. The SMILES string of the molecule is C=NC(=O)c1ccc(N(C)C2CCN(c3ncnc4[nH]ccc34)C2)c(F)c1. The molecule has 3 heterocycles. The van der Waals surface area contributed by atoms with Gasteiger partial charge in [-0.05, 0) is 37.4 Å². The maximum Gasteiger partial charge on any atom is 0.276 e. The first kappa shape index (κ1) is 17.1. The second-order valence-electron chi connectivity index (χ2n) is 6.57. The fourth-order valence-corrected chi connectivity index (χ4v) is 3.57. The van der Waals surface area contributed by atoms with Crippen LogP contribution in [0.25, 0.3) is 11.0 Å². The van der Waals surface area contributed by atoms with Gasteiger partial charge in [0.25, 0.3) is 5.91 Å². The fourth-order valence-electron chi connectivity index (χ4n) is 3.57. The lowest BCUT2D eigenvalue weighted by molar-refractivity contribution is 0.100. The monoisotopic (exact) mass is 366 g/mol. The van der Waals surface area contributed by atoms with E-state index in [4.69, 9.17) is 0 Å². The Labute approximate surface area is 155 Å². The fraction of sp³-hybridized carbons (Fsp3) is 0.263. The van der Waals surface area contributed by atoms with Crippen molar-refractivity contribution >= 4 is 35.2 Å². The van der Waals surface area contributed by atoms with E-state index in [0.29, 0.717) is 5.69 Å². The lowest BCUT2D eigenvalue weighted by atomic mass is 10.1. The number of anilines is 2. The maximum atomic E-state index is 14.5. The number of nitrogens with zero attached hydrogens (tertiary/aromatic N) is 5. The zero-order valence-electron chi connectivity index (χ0n) is 14.9. The molecule has 0 saturated carbocycles. The summed E-state index contributed by atoms with van der Waals surface area (Å²) in [6.45, 7) is 4.74. The number of aromatic amines is 1. The van der Waals surface area contributed by atoms with Crippen LogP contribution in [0.5, 0.6) is 0 Å². The summed E-state index contributed by atoms with van der Waals surface area (Å²) in [5, 5.41) is 0.978. The van der Waals surface area contributed by atoms with E-state index < -0.39 is 11.7 Å². The lowest BCUT2D eigenvalue weighted by Gasteiger charge is -2.27. The van der Waals surface area contributed by atoms with Gasteiger partial charge in [0.2, 0.25) is 0 Å². The molecule has 0 spiro atoms. The summed E-state index contributed by atoms with van der Waals surface area (Å²) < 4.78 is 14.5. The van der Waals surface area contributed by atoms with Crippen LogP contribution in [0.15, 0.2) is 41.8 Å². The van der Waals surface area contributed by atoms with Crippen molar-refractivity contribution in [3.8, 4) is 0 Å². The third-order valence-electron chi connectivity index (χ3n) is 5.06. The Morgan fingerprint density at radius 3 is 3.04 bits per heavy atom. The topological polar surface area (TPSA) is 77.5 Å². The van der Waals surface area contributed by atoms with Crippen molar-refractivity contribution in [2.24, 2.45) is 4.99 Å². The van der Waals surface area contributed by atoms with E-state index >= 15 is 0 Å². The highest BCUT2D eigenvalue weighted by atomic mass is 19.1. The number of carbonyl (C=O) groups is 1. The number of rotatable bonds is 4. The van der Waals surface area contributed by atoms with Gasteiger partial charge < -0.3 is 14.8 Å². The van der Waals surface area contributed by atoms with Crippen molar-refractivity contribution in [2.75, 3.05) is 29.9 Å². The van der Waals surface area contributed by atoms with Crippen LogP contribution in [-0.2, 0) is 0 Å². The van der Waals surface area contributed by atoms with Crippen LogP contribution in [0.3, 0.4) is 0 Å². The molecule has 3 aromatic rings. The molecule has 1 atom stereocenters. The number of aliphatic imine (C=N–C) groups is 1. The van der Waals surface area contributed by atoms with Crippen LogP contribution in [0.4, 0.5) is 15.9 Å². The van der Waals surface area contributed by atoms with Gasteiger partial charge >= 0.3 is 0 Å². The van der Waals surface area contributed by atoms with E-state index in [9.17, 15) is 9.18 Å². The summed E-state index contributed by atoms with van der Waals surface area (Å²) in [4.78, 5) is 30.7. The van der Waals surface area contributed by atoms with Gasteiger partial charge in [-0.1, -0.05) is 0 Å². The second kappa shape index (κ2) is 6.79. The smallest absolute Gasteiger partial charge is 0.276 e. The van der Waals surface area contributed by atoms with Crippen LogP contribution < -0.4 is 9.80 Å². The molecular weight excluding hydrogens is 347 g/mol. The molecule has 2 aromatic heterocycles. The molecule has 1 aliphatic heterocycles. The number of fused-ring (bicyclic) bond motifs is 1. The Kier molecular flexibility index (Phi) is 4.31. The minimum absolute atomic E-state index is 0.127. The van der Waals surface area contributed by atoms with Gasteiger partial charge in [0.1, 0.15) is 23.6 Å². The largest absolute Gasteiger partial charge is 0.367 e. The van der Waals surface area contributed by atoms with Crippen molar-refractivity contribution in [3.05, 3.63) is 48.2 Å². The highest BCUT2D eigenvalue weighted by Crippen LogP contribution is 2.29. The van der Waals surface area contributed by atoms with Crippen LogP contribution >= 0.6 is 0 Å². The van der Waals surface area contributed by atoms with Crippen LogP contribution in [0, 0.1) is 5.82 Å². The molecule has 0 bridgehead atoms. The van der Waals surface area contributed by atoms with Gasteiger partial charge in [0, 0.05) is 37.9 Å². The molecule has 4 rings (SSSR count). The predicted molar refractivity (Wildman–Crippen MR) is 103 cm³/mol. The molecule has 8 heteroatoms. The van der Waals surface area contributed by atoms with E-state index in [1.807, 2.05) is 24.2 Å². The molecule has 27 heavy (non-hydrogen) atoms. The van der Waals surface area contributed by atoms with E-state index in [1.54, 1.807) is 18.5 Å². The summed E-state index contributed by atoms with van der Waals surface area (Å²) in [5.41, 5.74) is 1.46. The van der Waals surface area contributed by atoms with Crippen LogP contribution in [0.1, 0.15) is 16.8 Å². The standard InChI is InChI=1S/C19H19FN6O/c1-21-19(27)12-3-4-16(15(20)9-12)25(2)13-6-8-26(10-13)18-14-5-7-22-17(14)23-11-24-18/h3-5,7,9,11,13H,1,6,8,10H2,2H3,(H,22,23,24). The Morgan fingerprint density at radius 2 is 2.26 bits per heavy atom. The number of likely N-dealkylation sites (N-methyl/N-ethyl adjacent to an activating group) is 1. The van der Waals surface area contributed by atoms with Crippen LogP contribution in [0.2, 0.25) is 0 Å². The number of carbonyl (C=O) groups excluding carboxylic acids is 1. The molecule has 0 radical (unpaired) electrons. The highest BCUT2D eigenvalue weighted by Gasteiger charge is 2.29. The zero-order valence-corrected chi connectivity index (χ0v) is 14.9. The molecule has 1 amide bonds. The Morgan fingerprint density at radius 1 is 1.41 bits per heavy atom. The van der Waals surface area contributed by atoms with Crippen molar-refractivity contribution in [1.82, 2.24) is 15.0 Å². The number of hydrogen-bond acceptors (Lipinski definition) is 5. The minimum Gasteiger partial charge on any atom is -0.367 e. The number of H-pyrrole nitrogens is 1. The van der Waals surface area contributed by atoms with Gasteiger partial charge in [-0.3, -0.25) is 4.79 Å². The number of halogens is 1. The average Bonchev–Trinajstić information content (AvgIpc) is 3.36. The number of benzene rings is 1. The lowest BCUT2D eigenvalue weighted by Crippen LogP contribution is -2.35. The highest BCUT2D eigenvalue weighted by molar-refractivity contribution is 5.97. The molecule has 1 N–H and O–H groups in total. The Hall–Kier alpha value is -3.29. The maximum absolute atomic E-state index is 14.5. The number of aromatic nitrogens is 3. The second-order valence-corrected chi connectivity index (χ2v) is 6.57. The molecular formula is C19H19FN6O. The van der Waals surface area contributed by atoms with Crippen molar-refractivity contribution in [1.29, 1.82) is 0 Å². The third kappa shape index (κ3) is 3.03. The summed E-state index contributed by atoms with van der Waals surface area (Å²) in [6.07, 6.45) is 4.27. The molecule has 0 aliphatic carbocycles. The summed E-state index contributed by atoms with van der Waals surface area (Å²) in [7, 11) is 1.87. The molecule has 138 valence electrons. The van der Waals surface area contributed by atoms with Crippen molar-refractivity contribution < 1.29 is 9.18 Å². The van der Waals surface area contributed by atoms with Crippen molar-refractivity contribution in [2.45, 2.75) is 12.5 Å². The quantitative estimate of drug-likeness (QED) is 0.719. The predicted octanol–water partition coefficient (Wildman–Crippen LogP) is 2.65. The number of amides is 1. The first-order valence-electron chi connectivity index (χ1n) is 8.65. The molecule has 1 fully saturated rings. The summed E-state index contributed by atoms with van der Waals surface area (Å²) in [6, 6.07) is 6.49. The van der Waals surface area contributed by atoms with E-state index in [0.717, 1.165) is 36.4 Å². The van der Waals surface area contributed by atoms with E-state index in [1.165, 1.54) is 6.07 Å². The molecule has 1 aliphatic rings. The normalized spacial score (nSPS) is 16.7. The van der Waals surface area contributed by atoms with Gasteiger partial charge in [-0.15, -0.1) is 0 Å². The van der Waals surface area contributed by atoms with E-state index in [-0.39, 0.29) is 11.6 Å². The molecule has 7 nitrogen and oxygen atoms in total. The Balaban J connectivity index is 1.54. The van der Waals surface area contributed by atoms with Crippen LogP contribution in [-0.4, -0.2) is 53.8 Å². The minimum atomic E-state index is -0.533. The molecule has 1 saturated heterocycles. The Bertz CT molecular complexity index is 1020. The van der Waals surface area contributed by atoms with Gasteiger partial charge in [0.05, 0.1) is 11.1 Å². The first-order valence-corrected chi connectivity index (χ1v) is 8.65. The zero-order chi connectivity index (χ0) is 19.0. The summed E-state index contributed by atoms with van der Waals surface area (Å²) >= 11 is 0. The molecule has 1 unspecified atom stereocenters. The first-order chi connectivity index (χ1) is 13.1. The molecule has 1 aromatic carbocycles. The average molecular weight is 366 g/mol. The van der Waals surface area contributed by atoms with Gasteiger partial charge in [-0.25, -0.2) is 19.4 Å². The van der Waals surface area contributed by atoms with E-state index in [2.05, 4.69) is 31.6 Å². The number of hydrogen-bond donors (Lipinski definition) is 1. The van der Waals surface area contributed by atoms with Crippen molar-refractivity contribution in [3.63, 3.8) is 0 Å². The van der Waals surface area contributed by atoms with Gasteiger partial charge in [0.15, 0.2) is 0 Å². The summed E-state index contributed by atoms with van der Waals surface area (Å²) in [5.74, 6) is -0.0921. The number of nitrogens with one attached hydrogen (secondary N) is 1. The van der Waals surface area contributed by atoms with Gasteiger partial charge in [-0.2, -0.15) is 0 Å².